The molecule has 103 heavy (non-hydrogen) atoms. The van der Waals surface area contributed by atoms with Gasteiger partial charge in [-0.15, -0.1) is 0 Å². The van der Waals surface area contributed by atoms with Gasteiger partial charge < -0.3 is 89.9 Å². The first-order valence-corrected chi connectivity index (χ1v) is 42.4. The molecule has 0 aromatic heterocycles. The van der Waals surface area contributed by atoms with Crippen LogP contribution in [0.3, 0.4) is 0 Å². The average molecular weight is 1470 g/mol. The maximum Gasteiger partial charge on any atom is 0.220 e. The van der Waals surface area contributed by atoms with E-state index in [0.29, 0.717) is 12.8 Å². The molecule has 17 unspecified atom stereocenters. The molecule has 0 saturated carbocycles. The summed E-state index contributed by atoms with van der Waals surface area (Å²) in [6, 6.07) is -0.998. The van der Waals surface area contributed by atoms with Gasteiger partial charge in [0.1, 0.15) is 73.2 Å². The lowest BCUT2D eigenvalue weighted by Gasteiger charge is -2.48. The molecule has 0 aliphatic carbocycles. The van der Waals surface area contributed by atoms with Crippen LogP contribution in [-0.2, 0) is 33.2 Å². The second kappa shape index (κ2) is 64.6. The summed E-state index contributed by atoms with van der Waals surface area (Å²) in [5.41, 5.74) is 0. The molecule has 17 atom stereocenters. The Morgan fingerprint density at radius 3 is 0.971 bits per heavy atom. The molecule has 3 aliphatic heterocycles. The fourth-order valence-electron chi connectivity index (χ4n) is 14.3. The Hall–Kier alpha value is -2.25. The number of carbonyl (C=O) groups is 1. The lowest BCUT2D eigenvalue weighted by molar-refractivity contribution is -0.379. The van der Waals surface area contributed by atoms with Gasteiger partial charge in [0.15, 0.2) is 18.9 Å². The van der Waals surface area contributed by atoms with Gasteiger partial charge in [-0.25, -0.2) is 0 Å². The highest BCUT2D eigenvalue weighted by molar-refractivity contribution is 5.76. The number of aliphatic hydroxyl groups is 11. The fraction of sp³-hybridized carbons (Fsp3) is 0.893. The number of unbranched alkanes of at least 4 members (excludes halogenated alkanes) is 46. The van der Waals surface area contributed by atoms with Gasteiger partial charge in [0.25, 0.3) is 0 Å². The summed E-state index contributed by atoms with van der Waals surface area (Å²) < 4.78 is 34.5. The second-order valence-corrected chi connectivity index (χ2v) is 30.3. The minimum atomic E-state index is -1.98. The monoisotopic (exact) mass is 1470 g/mol. The van der Waals surface area contributed by atoms with Crippen LogP contribution in [0.1, 0.15) is 348 Å². The minimum Gasteiger partial charge on any atom is -0.394 e. The van der Waals surface area contributed by atoms with Crippen LogP contribution in [0.25, 0.3) is 0 Å². The van der Waals surface area contributed by atoms with Crippen LogP contribution in [-0.4, -0.2) is 193 Å². The smallest absolute Gasteiger partial charge is 0.220 e. The molecule has 3 aliphatic rings. The summed E-state index contributed by atoms with van der Waals surface area (Å²) in [4.78, 5) is 13.5. The Morgan fingerprint density at radius 2 is 0.621 bits per heavy atom. The highest BCUT2D eigenvalue weighted by atomic mass is 16.8. The van der Waals surface area contributed by atoms with E-state index >= 15 is 0 Å². The molecular weight excluding hydrogens is 1310 g/mol. The third-order valence-electron chi connectivity index (χ3n) is 21.1. The molecule has 3 heterocycles. The van der Waals surface area contributed by atoms with Crippen LogP contribution in [0, 0.1) is 0 Å². The van der Waals surface area contributed by atoms with Crippen molar-refractivity contribution < 1.29 is 89.4 Å². The van der Waals surface area contributed by atoms with Gasteiger partial charge in [0.2, 0.25) is 5.91 Å². The normalized spacial score (nSPS) is 26.2. The number of hydrogen-bond donors (Lipinski definition) is 12. The second-order valence-electron chi connectivity index (χ2n) is 30.3. The quantitative estimate of drug-likeness (QED) is 0.0199. The van der Waals surface area contributed by atoms with Crippen molar-refractivity contribution in [3.8, 4) is 0 Å². The molecule has 0 aromatic carbocycles. The summed E-state index contributed by atoms with van der Waals surface area (Å²) in [7, 11) is 0. The molecule has 0 aromatic rings. The number of allylic oxidation sites excluding steroid dienone is 7. The molecule has 0 radical (unpaired) electrons. The van der Waals surface area contributed by atoms with Gasteiger partial charge >= 0.3 is 0 Å². The molecule has 0 bridgehead atoms. The zero-order chi connectivity index (χ0) is 74.6. The number of carbonyl (C=O) groups excluding carboxylic acids is 1. The summed E-state index contributed by atoms with van der Waals surface area (Å²) in [6.07, 6.45) is 55.5. The van der Waals surface area contributed by atoms with Crippen molar-refractivity contribution in [2.45, 2.75) is 452 Å². The van der Waals surface area contributed by atoms with Crippen LogP contribution in [0.2, 0.25) is 0 Å². The number of aliphatic hydroxyl groups excluding tert-OH is 11. The molecule has 0 spiro atoms. The number of rotatable bonds is 68. The van der Waals surface area contributed by atoms with Crippen molar-refractivity contribution in [1.29, 1.82) is 0 Å². The van der Waals surface area contributed by atoms with E-state index in [1.807, 2.05) is 6.08 Å². The lowest BCUT2D eigenvalue weighted by Crippen LogP contribution is -2.66. The van der Waals surface area contributed by atoms with Crippen molar-refractivity contribution in [2.75, 3.05) is 26.4 Å². The maximum atomic E-state index is 13.5. The van der Waals surface area contributed by atoms with Gasteiger partial charge in [-0.1, -0.05) is 319 Å². The predicted octanol–water partition coefficient (Wildman–Crippen LogP) is 14.8. The number of nitrogens with one attached hydrogen (secondary N) is 1. The topological polar surface area (TPSA) is 307 Å². The zero-order valence-corrected chi connectivity index (χ0v) is 64.8. The lowest BCUT2D eigenvalue weighted by atomic mass is 9.96. The first-order valence-electron chi connectivity index (χ1n) is 42.4. The van der Waals surface area contributed by atoms with Crippen molar-refractivity contribution in [3.05, 3.63) is 48.6 Å². The van der Waals surface area contributed by atoms with E-state index in [0.717, 1.165) is 44.9 Å². The molecule has 604 valence electrons. The molecular formula is C84H155NO18. The Morgan fingerprint density at radius 1 is 0.340 bits per heavy atom. The molecule has 3 rings (SSSR count). The highest BCUT2D eigenvalue weighted by Crippen LogP contribution is 2.33. The van der Waals surface area contributed by atoms with Crippen LogP contribution in [0.5, 0.6) is 0 Å². The summed E-state index contributed by atoms with van der Waals surface area (Å²) >= 11 is 0. The van der Waals surface area contributed by atoms with Gasteiger partial charge in [0, 0.05) is 6.42 Å². The van der Waals surface area contributed by atoms with Crippen molar-refractivity contribution >= 4 is 5.91 Å². The highest BCUT2D eigenvalue weighted by Gasteiger charge is 2.54. The average Bonchev–Trinajstić information content (AvgIpc) is 0.781. The Bertz CT molecular complexity index is 2050. The Balaban J connectivity index is 1.36. The molecule has 1 amide bonds. The van der Waals surface area contributed by atoms with E-state index in [1.165, 1.54) is 270 Å². The number of amides is 1. The standard InChI is InChI=1S/C84H155NO18/c1-3-5-7-9-11-13-15-17-19-21-23-25-27-29-30-31-32-33-34-35-36-38-40-42-44-46-48-50-52-54-56-58-60-62-72(90)85-67(68(89)61-59-57-55-53-51-49-47-45-43-41-39-37-28-26-24-22-20-18-16-14-12-10-8-6-4-2)66-98-82-78(96)75(93)80(70(64-87)100-82)103-84-79(97)76(94)81(71(65-88)101-84)102-83-77(95)74(92)73(91)69(63-86)99-83/h21,23,43,45,51,53,59,61,67-71,73-84,86-89,91-97H,3-20,22,24-42,44,46-50,52,54-58,60,62-66H2,1-2H3,(H,85,90)/b23-21-,45-43+,53-51+,61-59+. The van der Waals surface area contributed by atoms with Crippen molar-refractivity contribution in [1.82, 2.24) is 5.32 Å². The Labute approximate surface area is 624 Å². The molecule has 3 saturated heterocycles. The van der Waals surface area contributed by atoms with E-state index in [1.54, 1.807) is 6.08 Å². The van der Waals surface area contributed by atoms with Crippen LogP contribution in [0.4, 0.5) is 0 Å². The van der Waals surface area contributed by atoms with E-state index in [2.05, 4.69) is 55.6 Å². The Kier molecular flexibility index (Phi) is 59.5. The summed E-state index contributed by atoms with van der Waals surface area (Å²) in [6.45, 7) is 1.76. The summed E-state index contributed by atoms with van der Waals surface area (Å²) in [5, 5.41) is 121. The fourth-order valence-corrected chi connectivity index (χ4v) is 14.3. The van der Waals surface area contributed by atoms with Crippen LogP contribution < -0.4 is 5.32 Å². The predicted molar refractivity (Wildman–Crippen MR) is 411 cm³/mol. The third-order valence-corrected chi connectivity index (χ3v) is 21.1. The SMILES string of the molecule is CCCCCCCCCC/C=C\CCCCCCCCCCCCCCCCCCCCCCCC(=O)NC(COC1OC(CO)C(OC2OC(CO)C(OC3OC(CO)C(O)C(O)C3O)C(O)C2O)C(O)C1O)C(O)/C=C/CC/C=C/CC/C=C/CCCCCCCCCCCCCCCCC. The van der Waals surface area contributed by atoms with E-state index in [9.17, 15) is 61.0 Å². The van der Waals surface area contributed by atoms with E-state index in [4.69, 9.17) is 28.4 Å². The molecule has 3 fully saturated rings. The van der Waals surface area contributed by atoms with E-state index < -0.39 is 124 Å². The maximum absolute atomic E-state index is 13.5. The van der Waals surface area contributed by atoms with Gasteiger partial charge in [-0.2, -0.15) is 0 Å². The third kappa shape index (κ3) is 44.3. The van der Waals surface area contributed by atoms with Crippen LogP contribution in [0.15, 0.2) is 48.6 Å². The van der Waals surface area contributed by atoms with Gasteiger partial charge in [0.05, 0.1) is 38.6 Å². The largest absolute Gasteiger partial charge is 0.394 e. The van der Waals surface area contributed by atoms with E-state index in [-0.39, 0.29) is 18.9 Å². The first-order chi connectivity index (χ1) is 50.3. The van der Waals surface area contributed by atoms with Gasteiger partial charge in [-0.05, 0) is 70.6 Å². The van der Waals surface area contributed by atoms with Crippen LogP contribution >= 0.6 is 0 Å². The molecule has 12 N–H and O–H groups in total. The molecule has 19 nitrogen and oxygen atoms in total. The summed E-state index contributed by atoms with van der Waals surface area (Å²) in [5.74, 6) is -0.283. The van der Waals surface area contributed by atoms with Crippen molar-refractivity contribution in [3.63, 3.8) is 0 Å². The van der Waals surface area contributed by atoms with Gasteiger partial charge in [-0.3, -0.25) is 4.79 Å². The zero-order valence-electron chi connectivity index (χ0n) is 64.8. The van der Waals surface area contributed by atoms with Crippen molar-refractivity contribution in [2.24, 2.45) is 0 Å². The number of ether oxygens (including phenoxy) is 6. The number of hydrogen-bond acceptors (Lipinski definition) is 18. The first kappa shape index (κ1) is 95.0. The molecule has 19 heteroatoms. The minimum absolute atomic E-state index is 0.235.